The number of hydrogen-bond acceptors (Lipinski definition) is 4. The minimum Gasteiger partial charge on any atom is -0.478 e. The van der Waals surface area contributed by atoms with Crippen LogP contribution in [0.4, 0.5) is 0 Å². The molecule has 0 spiro atoms. The largest absolute Gasteiger partial charge is 0.478 e. The molecule has 6 heteroatoms. The average Bonchev–Trinajstić information content (AvgIpc) is 3.31. The Hall–Kier alpha value is -3.09. The number of rotatable bonds is 4. The summed E-state index contributed by atoms with van der Waals surface area (Å²) < 4.78 is 5.88. The molecule has 1 saturated heterocycles. The summed E-state index contributed by atoms with van der Waals surface area (Å²) in [5.74, 6) is 0.770. The van der Waals surface area contributed by atoms with E-state index in [1.54, 1.807) is 0 Å². The Labute approximate surface area is 161 Å². The van der Waals surface area contributed by atoms with E-state index >= 15 is 0 Å². The first-order chi connectivity index (χ1) is 13.7. The zero-order valence-corrected chi connectivity index (χ0v) is 15.3. The molecule has 0 saturated carbocycles. The number of aliphatic hydroxyl groups excluding tert-OH is 1. The van der Waals surface area contributed by atoms with Crippen molar-refractivity contribution in [2.45, 2.75) is 12.5 Å². The molecule has 5 rings (SSSR count). The Balaban J connectivity index is 1.44. The number of aromatic amines is 2. The highest BCUT2D eigenvalue weighted by atomic mass is 16.5. The van der Waals surface area contributed by atoms with Gasteiger partial charge in [-0.2, -0.15) is 0 Å². The number of benzene rings is 2. The van der Waals surface area contributed by atoms with Crippen LogP contribution >= 0.6 is 0 Å². The first-order valence-corrected chi connectivity index (χ1v) is 9.44. The summed E-state index contributed by atoms with van der Waals surface area (Å²) in [5, 5.41) is 11.6. The first-order valence-electron chi connectivity index (χ1n) is 9.44. The molecular weight excluding hydrogens is 354 g/mol. The number of β-amino-alcohol motifs (C(OH)–C–C–N with tert-alkyl or cyclic N) is 1. The highest BCUT2D eigenvalue weighted by Crippen LogP contribution is 2.27. The average molecular weight is 375 g/mol. The van der Waals surface area contributed by atoms with Crippen molar-refractivity contribution in [3.8, 4) is 17.0 Å². The summed E-state index contributed by atoms with van der Waals surface area (Å²) in [6.45, 7) is 1.97. The molecule has 1 aliphatic heterocycles. The van der Waals surface area contributed by atoms with E-state index in [-0.39, 0.29) is 11.7 Å². The smallest absolute Gasteiger partial charge is 0.257 e. The van der Waals surface area contributed by atoms with Crippen molar-refractivity contribution in [3.63, 3.8) is 0 Å². The fourth-order valence-electron chi connectivity index (χ4n) is 3.79. The van der Waals surface area contributed by atoms with E-state index in [0.717, 1.165) is 46.2 Å². The minimum atomic E-state index is -0.252. The summed E-state index contributed by atoms with van der Waals surface area (Å²) in [4.78, 5) is 20.9. The molecule has 4 aromatic rings. The van der Waals surface area contributed by atoms with E-state index < -0.39 is 0 Å². The number of aliphatic hydroxyl groups is 1. The van der Waals surface area contributed by atoms with Crippen LogP contribution in [-0.4, -0.2) is 45.9 Å². The number of H-pyrrole nitrogens is 2. The Morgan fingerprint density at radius 3 is 2.75 bits per heavy atom. The molecule has 1 aliphatic rings. The fraction of sp³-hybridized carbons (Fsp3) is 0.227. The van der Waals surface area contributed by atoms with E-state index in [0.29, 0.717) is 18.8 Å². The molecule has 2 aromatic carbocycles. The molecule has 142 valence electrons. The van der Waals surface area contributed by atoms with E-state index in [1.807, 2.05) is 54.6 Å². The second kappa shape index (κ2) is 6.82. The summed E-state index contributed by atoms with van der Waals surface area (Å²) in [6.07, 6.45) is 0.544. The van der Waals surface area contributed by atoms with Gasteiger partial charge < -0.3 is 19.8 Å². The maximum atomic E-state index is 12.5. The summed E-state index contributed by atoms with van der Waals surface area (Å²) in [5.41, 5.74) is 3.06. The molecule has 28 heavy (non-hydrogen) atoms. The molecule has 0 amide bonds. The van der Waals surface area contributed by atoms with Crippen LogP contribution in [0, 0.1) is 0 Å². The van der Waals surface area contributed by atoms with Gasteiger partial charge in [-0.1, -0.05) is 18.2 Å². The van der Waals surface area contributed by atoms with Crippen LogP contribution < -0.4 is 10.3 Å². The second-order valence-corrected chi connectivity index (χ2v) is 7.32. The molecule has 0 aliphatic carbocycles. The summed E-state index contributed by atoms with van der Waals surface area (Å²) in [6, 6.07) is 17.5. The molecular formula is C22H21N3O3. The van der Waals surface area contributed by atoms with Gasteiger partial charge in [-0.25, -0.2) is 0 Å². The minimum absolute atomic E-state index is 0.116. The lowest BCUT2D eigenvalue weighted by atomic mass is 10.1. The van der Waals surface area contributed by atoms with Crippen molar-refractivity contribution < 1.29 is 9.84 Å². The highest BCUT2D eigenvalue weighted by Gasteiger charge is 2.20. The third-order valence-electron chi connectivity index (χ3n) is 5.30. The van der Waals surface area contributed by atoms with Gasteiger partial charge >= 0.3 is 0 Å². The van der Waals surface area contributed by atoms with Crippen LogP contribution in [0.2, 0.25) is 0 Å². The SMILES string of the molecule is O=c1[nH]c2ccccc2cc1-c1cc2cc(OCN3CC[C@@H](O)C3)ccc2[nH]1. The monoisotopic (exact) mass is 375 g/mol. The van der Waals surface area contributed by atoms with E-state index in [9.17, 15) is 9.90 Å². The van der Waals surface area contributed by atoms with Gasteiger partial charge in [0.1, 0.15) is 12.5 Å². The van der Waals surface area contributed by atoms with Crippen molar-refractivity contribution in [2.75, 3.05) is 19.8 Å². The molecule has 3 heterocycles. The van der Waals surface area contributed by atoms with Gasteiger partial charge in [0, 0.05) is 29.5 Å². The van der Waals surface area contributed by atoms with Crippen LogP contribution in [0.1, 0.15) is 6.42 Å². The molecule has 0 unspecified atom stereocenters. The third kappa shape index (κ3) is 3.17. The molecule has 3 N–H and O–H groups in total. The molecule has 6 nitrogen and oxygen atoms in total. The molecule has 1 atom stereocenters. The van der Waals surface area contributed by atoms with Crippen LogP contribution in [0.15, 0.2) is 59.4 Å². The summed E-state index contributed by atoms with van der Waals surface area (Å²) in [7, 11) is 0. The van der Waals surface area contributed by atoms with Gasteiger partial charge in [0.25, 0.3) is 5.56 Å². The Morgan fingerprint density at radius 2 is 1.89 bits per heavy atom. The first kappa shape index (κ1) is 17.0. The number of likely N-dealkylation sites (tertiary alicyclic amines) is 1. The molecule has 0 bridgehead atoms. The molecule has 0 radical (unpaired) electrons. The lowest BCUT2D eigenvalue weighted by Gasteiger charge is -2.15. The van der Waals surface area contributed by atoms with Crippen molar-refractivity contribution in [2.24, 2.45) is 0 Å². The zero-order chi connectivity index (χ0) is 19.1. The number of aromatic nitrogens is 2. The van der Waals surface area contributed by atoms with Crippen LogP contribution in [0.25, 0.3) is 33.1 Å². The van der Waals surface area contributed by atoms with Crippen LogP contribution in [0.3, 0.4) is 0 Å². The normalized spacial score (nSPS) is 17.5. The van der Waals surface area contributed by atoms with E-state index in [4.69, 9.17) is 4.74 Å². The number of fused-ring (bicyclic) bond motifs is 2. The van der Waals surface area contributed by atoms with Gasteiger partial charge in [0.05, 0.1) is 17.4 Å². The van der Waals surface area contributed by atoms with Gasteiger partial charge in [-0.15, -0.1) is 0 Å². The number of para-hydroxylation sites is 1. The number of pyridine rings is 1. The predicted octanol–water partition coefficient (Wildman–Crippen LogP) is 3.08. The summed E-state index contributed by atoms with van der Waals surface area (Å²) >= 11 is 0. The third-order valence-corrected chi connectivity index (χ3v) is 5.30. The maximum absolute atomic E-state index is 12.5. The highest BCUT2D eigenvalue weighted by molar-refractivity contribution is 5.89. The van der Waals surface area contributed by atoms with Gasteiger partial charge in [0.2, 0.25) is 0 Å². The van der Waals surface area contributed by atoms with E-state index in [1.165, 1.54) is 0 Å². The van der Waals surface area contributed by atoms with Crippen molar-refractivity contribution in [1.29, 1.82) is 0 Å². The Morgan fingerprint density at radius 1 is 1.04 bits per heavy atom. The van der Waals surface area contributed by atoms with Crippen molar-refractivity contribution >= 4 is 21.8 Å². The fourth-order valence-corrected chi connectivity index (χ4v) is 3.79. The Bertz CT molecular complexity index is 1210. The Kier molecular flexibility index (Phi) is 4.15. The van der Waals surface area contributed by atoms with E-state index in [2.05, 4.69) is 14.9 Å². The number of nitrogens with one attached hydrogen (secondary N) is 2. The molecule has 2 aromatic heterocycles. The van der Waals surface area contributed by atoms with Crippen LogP contribution in [0.5, 0.6) is 5.75 Å². The quantitative estimate of drug-likeness (QED) is 0.512. The number of nitrogens with zero attached hydrogens (tertiary/aromatic N) is 1. The lowest BCUT2D eigenvalue weighted by Crippen LogP contribution is -2.26. The topological polar surface area (TPSA) is 81.3 Å². The standard InChI is InChI=1S/C22H21N3O3/c26-16-7-8-25(12-16)13-28-17-5-6-20-15(9-17)11-21(23-20)18-10-14-3-1-2-4-19(14)24-22(18)27/h1-6,9-11,16,23,26H,7-8,12-13H2,(H,24,27)/t16-/m1/s1. The van der Waals surface area contributed by atoms with Gasteiger partial charge in [0.15, 0.2) is 0 Å². The molecule has 1 fully saturated rings. The van der Waals surface area contributed by atoms with Crippen molar-refractivity contribution in [1.82, 2.24) is 14.9 Å². The zero-order valence-electron chi connectivity index (χ0n) is 15.3. The number of ether oxygens (including phenoxy) is 1. The van der Waals surface area contributed by atoms with Crippen molar-refractivity contribution in [3.05, 3.63) is 65.0 Å². The second-order valence-electron chi connectivity index (χ2n) is 7.32. The van der Waals surface area contributed by atoms with Gasteiger partial charge in [-0.05, 0) is 48.2 Å². The lowest BCUT2D eigenvalue weighted by molar-refractivity contribution is 0.123. The predicted molar refractivity (Wildman–Crippen MR) is 110 cm³/mol. The van der Waals surface area contributed by atoms with Crippen LogP contribution in [-0.2, 0) is 0 Å². The maximum Gasteiger partial charge on any atom is 0.257 e. The number of hydrogen-bond donors (Lipinski definition) is 3. The van der Waals surface area contributed by atoms with Gasteiger partial charge in [-0.3, -0.25) is 9.69 Å².